The summed E-state index contributed by atoms with van der Waals surface area (Å²) in [6, 6.07) is 11.5. The Morgan fingerprint density at radius 2 is 1.88 bits per heavy atom. The Balaban J connectivity index is 1.76. The second-order valence-electron chi connectivity index (χ2n) is 8.85. The van der Waals surface area contributed by atoms with Crippen LogP contribution < -0.4 is 5.32 Å². The minimum absolute atomic E-state index is 0.00926. The van der Waals surface area contributed by atoms with E-state index in [4.69, 9.17) is 9.47 Å². The zero-order valence-electron chi connectivity index (χ0n) is 19.7. The maximum absolute atomic E-state index is 12.3. The quantitative estimate of drug-likeness (QED) is 0.322. The van der Waals surface area contributed by atoms with Gasteiger partial charge in [-0.3, -0.25) is 4.79 Å². The Morgan fingerprint density at radius 3 is 2.52 bits per heavy atom. The van der Waals surface area contributed by atoms with E-state index in [1.165, 1.54) is 11.3 Å². The number of thiophene rings is 1. The summed E-state index contributed by atoms with van der Waals surface area (Å²) in [4.78, 5) is 25.3. The molecule has 2 unspecified atom stereocenters. The van der Waals surface area contributed by atoms with Gasteiger partial charge in [-0.15, -0.1) is 11.3 Å². The smallest absolute Gasteiger partial charge is 0.348 e. The average Bonchev–Trinajstić information content (AvgIpc) is 3.43. The van der Waals surface area contributed by atoms with Crippen LogP contribution in [0.25, 0.3) is 0 Å². The lowest BCUT2D eigenvalue weighted by Gasteiger charge is -2.21. The first-order chi connectivity index (χ1) is 15.9. The Hall–Kier alpha value is -2.22. The zero-order valence-corrected chi connectivity index (χ0v) is 20.5. The van der Waals surface area contributed by atoms with Crippen LogP contribution in [0.3, 0.4) is 0 Å². The van der Waals surface area contributed by atoms with Crippen LogP contribution in [0, 0.1) is 0 Å². The highest BCUT2D eigenvalue weighted by Crippen LogP contribution is 2.33. The molecule has 0 bridgehead atoms. The van der Waals surface area contributed by atoms with E-state index >= 15 is 0 Å². The number of benzene rings is 1. The molecule has 1 aromatic carbocycles. The lowest BCUT2D eigenvalue weighted by Crippen LogP contribution is -2.30. The predicted molar refractivity (Wildman–Crippen MR) is 129 cm³/mol. The molecule has 1 aromatic heterocycles. The number of unbranched alkanes of at least 4 members (excludes halogenated alkanes) is 2. The van der Waals surface area contributed by atoms with Gasteiger partial charge in [0.2, 0.25) is 5.91 Å². The van der Waals surface area contributed by atoms with Crippen LogP contribution in [0.4, 0.5) is 0 Å². The topological polar surface area (TPSA) is 84.9 Å². The summed E-state index contributed by atoms with van der Waals surface area (Å²) in [6.45, 7) is 6.19. The summed E-state index contributed by atoms with van der Waals surface area (Å²) in [5, 5.41) is 13.4. The van der Waals surface area contributed by atoms with Crippen molar-refractivity contribution in [1.29, 1.82) is 0 Å². The molecule has 1 aliphatic heterocycles. The summed E-state index contributed by atoms with van der Waals surface area (Å²) in [6.07, 6.45) is 4.24. The molecular weight excluding hydrogens is 438 g/mol. The van der Waals surface area contributed by atoms with Gasteiger partial charge < -0.3 is 19.9 Å². The molecule has 2 N–H and O–H groups in total. The number of hydrogen-bond acceptors (Lipinski definition) is 6. The van der Waals surface area contributed by atoms with E-state index in [2.05, 4.69) is 12.2 Å². The van der Waals surface area contributed by atoms with Crippen LogP contribution in [-0.4, -0.2) is 35.7 Å². The van der Waals surface area contributed by atoms with E-state index in [1.54, 1.807) is 6.07 Å². The summed E-state index contributed by atoms with van der Waals surface area (Å²) in [5.74, 6) is -0.287. The molecule has 1 saturated heterocycles. The third-order valence-electron chi connectivity index (χ3n) is 5.68. The predicted octanol–water partition coefficient (Wildman–Crippen LogP) is 5.31. The average molecular weight is 474 g/mol. The van der Waals surface area contributed by atoms with Gasteiger partial charge >= 0.3 is 5.97 Å². The zero-order chi connectivity index (χ0) is 23.8. The van der Waals surface area contributed by atoms with Gasteiger partial charge in [0.15, 0.2) is 0 Å². The number of carbonyl (C=O) groups is 2. The number of hydrogen-bond donors (Lipinski definition) is 2. The van der Waals surface area contributed by atoms with Crippen molar-refractivity contribution >= 4 is 23.2 Å². The van der Waals surface area contributed by atoms with Crippen LogP contribution in [-0.2, 0) is 14.3 Å². The Kier molecular flexibility index (Phi) is 9.47. The van der Waals surface area contributed by atoms with Gasteiger partial charge in [-0.2, -0.15) is 0 Å². The summed E-state index contributed by atoms with van der Waals surface area (Å²) in [5.41, 5.74) is 1.83. The minimum Gasteiger partial charge on any atom is -0.459 e. The molecule has 0 spiro atoms. The van der Waals surface area contributed by atoms with E-state index < -0.39 is 6.10 Å². The van der Waals surface area contributed by atoms with Gasteiger partial charge in [0.05, 0.1) is 24.9 Å². The normalized spacial score (nSPS) is 17.7. The maximum Gasteiger partial charge on any atom is 0.348 e. The maximum atomic E-state index is 12.3. The molecule has 2 heterocycles. The van der Waals surface area contributed by atoms with E-state index in [9.17, 15) is 14.7 Å². The Bertz CT molecular complexity index is 908. The van der Waals surface area contributed by atoms with E-state index in [0.717, 1.165) is 48.1 Å². The highest BCUT2D eigenvalue weighted by molar-refractivity contribution is 7.14. The molecule has 1 fully saturated rings. The molecule has 3 atom stereocenters. The third kappa shape index (κ3) is 7.39. The van der Waals surface area contributed by atoms with Gasteiger partial charge in [-0.1, -0.05) is 50.5 Å². The van der Waals surface area contributed by atoms with Crippen molar-refractivity contribution in [2.75, 3.05) is 6.61 Å². The highest BCUT2D eigenvalue weighted by atomic mass is 32.1. The number of esters is 1. The van der Waals surface area contributed by atoms with Gasteiger partial charge in [-0.05, 0) is 49.9 Å². The van der Waals surface area contributed by atoms with Crippen molar-refractivity contribution in [1.82, 2.24) is 5.32 Å². The summed E-state index contributed by atoms with van der Waals surface area (Å²) < 4.78 is 11.6. The second kappa shape index (κ2) is 12.3. The molecular formula is C26H35NO5S. The van der Waals surface area contributed by atoms with Crippen molar-refractivity contribution in [2.24, 2.45) is 0 Å². The van der Waals surface area contributed by atoms with Crippen molar-refractivity contribution < 1.29 is 24.2 Å². The molecule has 6 nitrogen and oxygen atoms in total. The molecule has 1 aliphatic rings. The first-order valence-electron chi connectivity index (χ1n) is 11.9. The summed E-state index contributed by atoms with van der Waals surface area (Å²) in [7, 11) is 0. The lowest BCUT2D eigenvalue weighted by molar-refractivity contribution is -0.119. The lowest BCUT2D eigenvalue weighted by atomic mass is 10.00. The Labute approximate surface area is 200 Å². The molecule has 180 valence electrons. The van der Waals surface area contributed by atoms with Crippen molar-refractivity contribution in [2.45, 2.75) is 83.6 Å². The molecule has 1 amide bonds. The fourth-order valence-corrected chi connectivity index (χ4v) is 4.85. The fourth-order valence-electron chi connectivity index (χ4n) is 3.88. The second-order valence-corrected chi connectivity index (χ2v) is 9.97. The SMILES string of the molecule is CCCCCC(O)c1ccc([C@H](OCC2CCC(=O)N2)c2ccc(C(=O)OC(C)C)s2)cc1. The molecule has 0 aliphatic carbocycles. The van der Waals surface area contributed by atoms with Gasteiger partial charge in [0, 0.05) is 11.3 Å². The van der Waals surface area contributed by atoms with Gasteiger partial charge in [-0.25, -0.2) is 4.79 Å². The van der Waals surface area contributed by atoms with Crippen LogP contribution in [0.1, 0.15) is 97.2 Å². The molecule has 7 heteroatoms. The number of amides is 1. The third-order valence-corrected chi connectivity index (χ3v) is 6.79. The number of carbonyl (C=O) groups excluding carboxylic acids is 2. The van der Waals surface area contributed by atoms with Crippen LogP contribution >= 0.6 is 11.3 Å². The fraction of sp³-hybridized carbons (Fsp3) is 0.538. The molecule has 2 aromatic rings. The number of aliphatic hydroxyl groups excluding tert-OH is 1. The standard InChI is InChI=1S/C26H35NO5S/c1-4-5-6-7-21(28)18-8-10-19(11-9-18)25(31-16-20-12-15-24(29)27-20)22-13-14-23(33-22)26(30)32-17(2)3/h8-11,13-14,17,20-21,25,28H,4-7,12,15-16H2,1-3H3,(H,27,29)/t20?,21?,25-/m0/s1. The largest absolute Gasteiger partial charge is 0.459 e. The van der Waals surface area contributed by atoms with E-state index in [1.807, 2.05) is 44.2 Å². The molecule has 0 saturated carbocycles. The van der Waals surface area contributed by atoms with E-state index in [-0.39, 0.29) is 30.1 Å². The number of ether oxygens (including phenoxy) is 2. The van der Waals surface area contributed by atoms with Crippen LogP contribution in [0.2, 0.25) is 0 Å². The first-order valence-corrected chi connectivity index (χ1v) is 12.7. The monoisotopic (exact) mass is 473 g/mol. The van der Waals surface area contributed by atoms with Crippen molar-refractivity contribution in [3.05, 3.63) is 57.3 Å². The van der Waals surface area contributed by atoms with E-state index in [0.29, 0.717) is 17.9 Å². The van der Waals surface area contributed by atoms with Crippen LogP contribution in [0.15, 0.2) is 36.4 Å². The first kappa shape index (κ1) is 25.4. The van der Waals surface area contributed by atoms with Crippen LogP contribution in [0.5, 0.6) is 0 Å². The summed E-state index contributed by atoms with van der Waals surface area (Å²) >= 11 is 1.36. The minimum atomic E-state index is -0.474. The number of aliphatic hydroxyl groups is 1. The molecule has 3 rings (SSSR count). The number of nitrogens with one attached hydrogen (secondary N) is 1. The van der Waals surface area contributed by atoms with Gasteiger partial charge in [0.25, 0.3) is 0 Å². The molecule has 33 heavy (non-hydrogen) atoms. The van der Waals surface area contributed by atoms with Gasteiger partial charge in [0.1, 0.15) is 11.0 Å². The molecule has 0 radical (unpaired) electrons. The van der Waals surface area contributed by atoms with Crippen molar-refractivity contribution in [3.8, 4) is 0 Å². The van der Waals surface area contributed by atoms with Crippen molar-refractivity contribution in [3.63, 3.8) is 0 Å². The number of rotatable bonds is 12. The Morgan fingerprint density at radius 1 is 1.15 bits per heavy atom. The highest BCUT2D eigenvalue weighted by Gasteiger charge is 2.25.